The first-order valence-corrected chi connectivity index (χ1v) is 40.9. The first-order valence-electron chi connectivity index (χ1n) is 40.9. The molecule has 0 aliphatic rings. The fourth-order valence-electron chi connectivity index (χ4n) is 14.2. The van der Waals surface area contributed by atoms with E-state index in [1.54, 1.807) is 0 Å². The first kappa shape index (κ1) is 99.2. The molecule has 0 bridgehead atoms. The summed E-state index contributed by atoms with van der Waals surface area (Å²) in [4.78, 5) is 140. The van der Waals surface area contributed by atoms with Gasteiger partial charge in [-0.05, 0) is 216 Å². The molecule has 0 aliphatic heterocycles. The van der Waals surface area contributed by atoms with Crippen molar-refractivity contribution >= 4 is 28.4 Å². The Balaban J connectivity index is 0.000000669. The summed E-state index contributed by atoms with van der Waals surface area (Å²) in [5.74, 6) is 0. The van der Waals surface area contributed by atoms with Crippen molar-refractivity contribution in [2.75, 3.05) is 192 Å². The number of hydrogen-bond acceptors (Lipinski definition) is 20. The smallest absolute Gasteiger partial charge is 0.249 e. The molecule has 0 amide bonds. The standard InChI is InChI=1S/C19H34N2O2.C18H32N2O2.2C17H30N2O2.C16H28N2O2/c1-7-11-21(12-8-2)14-10-9-13-20(6)16-15(19(3,4)5)17(22)18(16)23;1-7-11-20(8-2)13-10-9-12-19(6)15-14(18(3,4)5)16(21)17(15)22;1-7-10-18(5)11-8-9-12-19(6)14-13(17(2,3)4)15(20)16(14)21;1-7-19(8-2)12-10-9-11-18(6)14-13(17(3,4)5)15(20)16(14)21;1-7-17(5)10-8-9-11-18(6)13-12(16(2,3)4)14(19)15(13)20/h7-14H2,1-6H3;7-13H2,1-6H3;2*7-12H2,1-6H3;7-11H2,1-6H3. The monoisotopic (exact) mass is 1500 g/mol. The van der Waals surface area contributed by atoms with E-state index in [1.165, 1.54) is 25.7 Å². The highest BCUT2D eigenvalue weighted by Gasteiger charge is 2.37. The molecule has 20 nitrogen and oxygen atoms in total. The second-order valence-electron chi connectivity index (χ2n) is 35.3. The molecule has 0 saturated carbocycles. The number of nitrogens with zero attached hydrogens (tertiary/aromatic N) is 10. The Bertz CT molecular complexity index is 3760. The topological polar surface area (TPSA) is 203 Å². The van der Waals surface area contributed by atoms with Gasteiger partial charge in [-0.1, -0.05) is 159 Å². The molecule has 612 valence electrons. The Morgan fingerprint density at radius 3 is 0.589 bits per heavy atom. The number of rotatable bonds is 42. The SMILES string of the molecule is CCCN(C)CCCCN(C)c1c(C(C)(C)C)c(=O)c1=O.CCCN(CC)CCCCN(C)c1c(C(C)(C)C)c(=O)c1=O.CCCN(CCC)CCCCN(C)c1c(C(C)(C)C)c(=O)c1=O.CCN(C)CCCCN(C)c1c(C(C)(C)C)c(=O)c1=O.CCN(CC)CCCCN(C)c1c(C(C)(C)C)c(=O)c1=O. The lowest BCUT2D eigenvalue weighted by Gasteiger charge is -2.29. The maximum atomic E-state index is 11.9. The number of unbranched alkanes of at least 4 members (excludes halogenated alkanes) is 5. The Hall–Kier alpha value is -5.80. The Kier molecular flexibility index (Phi) is 42.8. The molecule has 0 N–H and O–H groups in total. The summed E-state index contributed by atoms with van der Waals surface area (Å²) < 4.78 is 0. The molecule has 0 heterocycles. The third-order valence-corrected chi connectivity index (χ3v) is 20.4. The van der Waals surface area contributed by atoms with E-state index in [1.807, 2.05) is 164 Å². The van der Waals surface area contributed by atoms with Crippen molar-refractivity contribution in [1.82, 2.24) is 24.5 Å². The minimum absolute atomic E-state index is 0.253. The fourth-order valence-corrected chi connectivity index (χ4v) is 14.2. The lowest BCUT2D eigenvalue weighted by Crippen LogP contribution is -2.46. The predicted octanol–water partition coefficient (Wildman–Crippen LogP) is 11.5. The normalized spacial score (nSPS) is 12.3. The number of hydrogen-bond donors (Lipinski definition) is 0. The summed E-state index contributed by atoms with van der Waals surface area (Å²) in [6.45, 7) is 65.9. The summed E-state index contributed by atoms with van der Waals surface area (Å²) in [5, 5.41) is 0. The van der Waals surface area contributed by atoms with E-state index >= 15 is 0 Å². The van der Waals surface area contributed by atoms with E-state index in [0.717, 1.165) is 182 Å². The van der Waals surface area contributed by atoms with Gasteiger partial charge in [0, 0.05) is 95.8 Å². The summed E-state index contributed by atoms with van der Waals surface area (Å²) >= 11 is 0. The second kappa shape index (κ2) is 46.1. The van der Waals surface area contributed by atoms with Gasteiger partial charge in [-0.15, -0.1) is 0 Å². The summed E-state index contributed by atoms with van der Waals surface area (Å²) in [6.07, 6.45) is 15.5. The molecule has 0 fully saturated rings. The van der Waals surface area contributed by atoms with E-state index in [4.69, 9.17) is 0 Å². The molecule has 5 rings (SSSR count). The molecule has 0 saturated heterocycles. The van der Waals surface area contributed by atoms with Crippen LogP contribution in [0.3, 0.4) is 0 Å². The van der Waals surface area contributed by atoms with Gasteiger partial charge in [-0.2, -0.15) is 0 Å². The minimum Gasteiger partial charge on any atom is -0.371 e. The van der Waals surface area contributed by atoms with Crippen molar-refractivity contribution < 1.29 is 0 Å². The van der Waals surface area contributed by atoms with Crippen molar-refractivity contribution in [1.29, 1.82) is 0 Å². The zero-order valence-electron chi connectivity index (χ0n) is 73.7. The van der Waals surface area contributed by atoms with Crippen molar-refractivity contribution in [2.45, 2.75) is 276 Å². The Morgan fingerprint density at radius 2 is 0.383 bits per heavy atom. The van der Waals surface area contributed by atoms with E-state index in [-0.39, 0.29) is 81.4 Å². The van der Waals surface area contributed by atoms with Crippen LogP contribution in [-0.2, 0) is 27.1 Å². The van der Waals surface area contributed by atoms with Gasteiger partial charge < -0.3 is 49.0 Å². The van der Waals surface area contributed by atoms with Crippen molar-refractivity contribution in [3.05, 3.63) is 130 Å². The van der Waals surface area contributed by atoms with Gasteiger partial charge in [-0.3, -0.25) is 47.9 Å². The number of anilines is 5. The minimum atomic E-state index is -0.317. The molecule has 0 aromatic heterocycles. The molecular weight excluding hydrogens is 1350 g/mol. The Morgan fingerprint density at radius 1 is 0.196 bits per heavy atom. The molecule has 107 heavy (non-hydrogen) atoms. The predicted molar refractivity (Wildman–Crippen MR) is 461 cm³/mol. The molecule has 0 radical (unpaired) electrons. The van der Waals surface area contributed by atoms with Crippen LogP contribution in [0.4, 0.5) is 28.4 Å². The van der Waals surface area contributed by atoms with Gasteiger partial charge in [0.15, 0.2) is 0 Å². The van der Waals surface area contributed by atoms with Gasteiger partial charge in [0.25, 0.3) is 0 Å². The highest BCUT2D eigenvalue weighted by molar-refractivity contribution is 5.64. The van der Waals surface area contributed by atoms with Crippen LogP contribution in [0.1, 0.15) is 277 Å². The van der Waals surface area contributed by atoms with E-state index in [9.17, 15) is 47.9 Å². The largest absolute Gasteiger partial charge is 0.371 e. The molecule has 0 aliphatic carbocycles. The van der Waals surface area contributed by atoms with Crippen molar-refractivity contribution in [3.63, 3.8) is 0 Å². The maximum Gasteiger partial charge on any atom is 0.249 e. The lowest BCUT2D eigenvalue weighted by atomic mass is 9.82. The summed E-state index contributed by atoms with van der Waals surface area (Å²) in [6, 6.07) is 0. The Labute approximate surface area is 647 Å². The van der Waals surface area contributed by atoms with Crippen LogP contribution in [-0.4, -0.2) is 192 Å². The van der Waals surface area contributed by atoms with Crippen LogP contribution in [0.25, 0.3) is 0 Å². The van der Waals surface area contributed by atoms with Gasteiger partial charge in [0.1, 0.15) is 0 Å². The van der Waals surface area contributed by atoms with Crippen molar-refractivity contribution in [3.8, 4) is 0 Å². The summed E-state index contributed by atoms with van der Waals surface area (Å²) in [5.41, 5.74) is 2.32. The highest BCUT2D eigenvalue weighted by Crippen LogP contribution is 2.32. The quantitative estimate of drug-likeness (QED) is 0.0263. The third-order valence-electron chi connectivity index (χ3n) is 20.4. The summed E-state index contributed by atoms with van der Waals surface area (Å²) in [7, 11) is 13.9. The second-order valence-corrected chi connectivity index (χ2v) is 35.3. The van der Waals surface area contributed by atoms with Crippen LogP contribution < -0.4 is 78.8 Å². The fraction of sp³-hybridized carbons (Fsp3) is 0.770. The van der Waals surface area contributed by atoms with Crippen molar-refractivity contribution in [2.24, 2.45) is 0 Å². The van der Waals surface area contributed by atoms with Gasteiger partial charge in [0.2, 0.25) is 54.3 Å². The van der Waals surface area contributed by atoms with E-state index in [2.05, 4.69) is 94.0 Å². The molecule has 0 unspecified atom stereocenters. The molecule has 5 aromatic rings. The maximum absolute atomic E-state index is 11.9. The molecular formula is C87H154N10O10. The van der Waals surface area contributed by atoms with Crippen LogP contribution in [0.2, 0.25) is 0 Å². The molecule has 0 spiro atoms. The third kappa shape index (κ3) is 30.1. The van der Waals surface area contributed by atoms with Crippen LogP contribution in [0.15, 0.2) is 47.9 Å². The average molecular weight is 1500 g/mol. The van der Waals surface area contributed by atoms with Crippen LogP contribution in [0.5, 0.6) is 0 Å². The van der Waals surface area contributed by atoms with Crippen LogP contribution in [0, 0.1) is 0 Å². The lowest BCUT2D eigenvalue weighted by molar-refractivity contribution is 0.269. The van der Waals surface area contributed by atoms with E-state index < -0.39 is 0 Å². The molecule has 5 aromatic carbocycles. The van der Waals surface area contributed by atoms with Gasteiger partial charge in [0.05, 0.1) is 28.4 Å². The average Bonchev–Trinajstić information content (AvgIpc) is 0.781. The molecule has 0 atom stereocenters. The molecule has 20 heteroatoms. The van der Waals surface area contributed by atoms with Gasteiger partial charge >= 0.3 is 0 Å². The zero-order chi connectivity index (χ0) is 82.4. The zero-order valence-corrected chi connectivity index (χ0v) is 73.7. The van der Waals surface area contributed by atoms with E-state index in [0.29, 0.717) is 56.3 Å². The first-order chi connectivity index (χ1) is 49.6. The van der Waals surface area contributed by atoms with Crippen LogP contribution >= 0.6 is 0 Å². The highest BCUT2D eigenvalue weighted by atomic mass is 16.2. The van der Waals surface area contributed by atoms with Gasteiger partial charge in [-0.25, -0.2) is 0 Å².